The van der Waals surface area contributed by atoms with Crippen molar-refractivity contribution in [1.29, 1.82) is 0 Å². The summed E-state index contributed by atoms with van der Waals surface area (Å²) in [6.07, 6.45) is 0.319. The van der Waals surface area contributed by atoms with Crippen LogP contribution in [0.15, 0.2) is 0 Å². The van der Waals surface area contributed by atoms with Gasteiger partial charge in [-0.1, -0.05) is 0 Å². The maximum atomic E-state index is 5.94. The average Bonchev–Trinajstić information content (AvgIpc) is 2.26. The Morgan fingerprint density at radius 2 is 1.78 bits per heavy atom. The van der Waals surface area contributed by atoms with E-state index < -0.39 is 0 Å². The lowest BCUT2D eigenvalue weighted by atomic mass is 10.2. The van der Waals surface area contributed by atoms with Crippen LogP contribution in [-0.4, -0.2) is 54.3 Å². The largest absolute Gasteiger partial charge is 0.372 e. The molecule has 0 unspecified atom stereocenters. The fourth-order valence-electron chi connectivity index (χ4n) is 2.01. The molecule has 100 valence electrons. The highest BCUT2D eigenvalue weighted by Gasteiger charge is 2.25. The van der Waals surface area contributed by atoms with Gasteiger partial charge in [0.05, 0.1) is 12.2 Å². The standard InChI is InChI=1S/C11H18ClN5O/c1-7-5-17(6-8(2)18-7)11-14-9(12)13-10(15-11)16(3)4/h7-8H,5-6H2,1-4H3/t7-,8+. The van der Waals surface area contributed by atoms with Crippen molar-refractivity contribution >= 4 is 23.5 Å². The molecule has 0 aliphatic carbocycles. The predicted octanol–water partition coefficient (Wildman–Crippen LogP) is 1.20. The van der Waals surface area contributed by atoms with Crippen molar-refractivity contribution in [3.8, 4) is 0 Å². The number of ether oxygens (including phenoxy) is 1. The van der Waals surface area contributed by atoms with Crippen LogP contribution in [0.2, 0.25) is 5.28 Å². The smallest absolute Gasteiger partial charge is 0.231 e. The third-order valence-corrected chi connectivity index (χ3v) is 2.86. The Balaban J connectivity index is 2.26. The van der Waals surface area contributed by atoms with Crippen molar-refractivity contribution in [2.24, 2.45) is 0 Å². The van der Waals surface area contributed by atoms with Gasteiger partial charge in [-0.2, -0.15) is 15.0 Å². The van der Waals surface area contributed by atoms with Gasteiger partial charge in [0.15, 0.2) is 0 Å². The molecule has 1 aromatic rings. The van der Waals surface area contributed by atoms with Crippen molar-refractivity contribution < 1.29 is 4.74 Å². The minimum Gasteiger partial charge on any atom is -0.372 e. The van der Waals surface area contributed by atoms with Gasteiger partial charge in [-0.25, -0.2) is 0 Å². The van der Waals surface area contributed by atoms with Crippen LogP contribution in [-0.2, 0) is 4.74 Å². The Morgan fingerprint density at radius 3 is 2.33 bits per heavy atom. The summed E-state index contributed by atoms with van der Waals surface area (Å²) in [6, 6.07) is 0. The van der Waals surface area contributed by atoms with Crippen LogP contribution in [0.1, 0.15) is 13.8 Å². The molecule has 1 aromatic heterocycles. The molecule has 6 nitrogen and oxygen atoms in total. The molecule has 1 aliphatic rings. The fourth-order valence-corrected chi connectivity index (χ4v) is 2.16. The number of nitrogens with zero attached hydrogens (tertiary/aromatic N) is 5. The first-order chi connectivity index (χ1) is 8.45. The van der Waals surface area contributed by atoms with Crippen LogP contribution < -0.4 is 9.80 Å². The summed E-state index contributed by atoms with van der Waals surface area (Å²) < 4.78 is 5.69. The molecular formula is C11H18ClN5O. The van der Waals surface area contributed by atoms with E-state index >= 15 is 0 Å². The number of halogens is 1. The van der Waals surface area contributed by atoms with Crippen LogP contribution in [0.3, 0.4) is 0 Å². The molecule has 2 heterocycles. The first-order valence-corrected chi connectivity index (χ1v) is 6.33. The zero-order chi connectivity index (χ0) is 13.3. The summed E-state index contributed by atoms with van der Waals surface area (Å²) >= 11 is 5.94. The molecule has 0 aromatic carbocycles. The quantitative estimate of drug-likeness (QED) is 0.806. The molecular weight excluding hydrogens is 254 g/mol. The predicted molar refractivity (Wildman–Crippen MR) is 71.4 cm³/mol. The van der Waals surface area contributed by atoms with Gasteiger partial charge in [0, 0.05) is 27.2 Å². The fraction of sp³-hybridized carbons (Fsp3) is 0.727. The molecule has 0 N–H and O–H groups in total. The minimum absolute atomic E-state index is 0.159. The summed E-state index contributed by atoms with van der Waals surface area (Å²) in [5.74, 6) is 1.18. The van der Waals surface area contributed by atoms with Crippen LogP contribution >= 0.6 is 11.6 Å². The molecule has 0 amide bonds. The SMILES string of the molecule is C[C@@H]1CN(c2nc(Cl)nc(N(C)C)n2)C[C@H](C)O1. The Labute approximate surface area is 112 Å². The summed E-state index contributed by atoms with van der Waals surface area (Å²) in [4.78, 5) is 16.6. The van der Waals surface area contributed by atoms with Gasteiger partial charge in [0.1, 0.15) is 0 Å². The van der Waals surface area contributed by atoms with Crippen molar-refractivity contribution in [1.82, 2.24) is 15.0 Å². The van der Waals surface area contributed by atoms with E-state index in [2.05, 4.69) is 19.9 Å². The molecule has 1 fully saturated rings. The van der Waals surface area contributed by atoms with E-state index in [1.54, 1.807) is 0 Å². The van der Waals surface area contributed by atoms with Crippen molar-refractivity contribution in [2.45, 2.75) is 26.1 Å². The van der Waals surface area contributed by atoms with E-state index in [1.165, 1.54) is 0 Å². The summed E-state index contributed by atoms with van der Waals surface area (Å²) in [7, 11) is 3.75. The highest BCUT2D eigenvalue weighted by molar-refractivity contribution is 6.28. The van der Waals surface area contributed by atoms with Crippen molar-refractivity contribution in [3.05, 3.63) is 5.28 Å². The van der Waals surface area contributed by atoms with Gasteiger partial charge >= 0.3 is 0 Å². The zero-order valence-electron chi connectivity index (χ0n) is 11.1. The monoisotopic (exact) mass is 271 g/mol. The first-order valence-electron chi connectivity index (χ1n) is 5.95. The number of hydrogen-bond acceptors (Lipinski definition) is 6. The van der Waals surface area contributed by atoms with Gasteiger partial charge < -0.3 is 14.5 Å². The number of anilines is 2. The zero-order valence-corrected chi connectivity index (χ0v) is 11.8. The van der Waals surface area contributed by atoms with E-state index in [9.17, 15) is 0 Å². The summed E-state index contributed by atoms with van der Waals surface area (Å²) in [5.41, 5.74) is 0. The van der Waals surface area contributed by atoms with Crippen LogP contribution in [0.5, 0.6) is 0 Å². The Kier molecular flexibility index (Phi) is 3.87. The highest BCUT2D eigenvalue weighted by Crippen LogP contribution is 2.19. The maximum Gasteiger partial charge on any atom is 0.231 e. The third kappa shape index (κ3) is 3.00. The lowest BCUT2D eigenvalue weighted by Gasteiger charge is -2.35. The van der Waals surface area contributed by atoms with Crippen LogP contribution in [0, 0.1) is 0 Å². The van der Waals surface area contributed by atoms with E-state index in [0.717, 1.165) is 13.1 Å². The first kappa shape index (κ1) is 13.3. The van der Waals surface area contributed by atoms with Gasteiger partial charge in [-0.15, -0.1) is 0 Å². The highest BCUT2D eigenvalue weighted by atomic mass is 35.5. The molecule has 2 atom stereocenters. The van der Waals surface area contributed by atoms with Crippen LogP contribution in [0.25, 0.3) is 0 Å². The topological polar surface area (TPSA) is 54.4 Å². The Morgan fingerprint density at radius 1 is 1.17 bits per heavy atom. The molecule has 1 aliphatic heterocycles. The van der Waals surface area contributed by atoms with E-state index in [-0.39, 0.29) is 17.5 Å². The second-order valence-corrected chi connectivity index (χ2v) is 5.10. The normalized spacial score (nSPS) is 24.2. The van der Waals surface area contributed by atoms with E-state index in [4.69, 9.17) is 16.3 Å². The van der Waals surface area contributed by atoms with Crippen molar-refractivity contribution in [3.63, 3.8) is 0 Å². The summed E-state index contributed by atoms with van der Waals surface area (Å²) in [6.45, 7) is 5.60. The lowest BCUT2D eigenvalue weighted by Crippen LogP contribution is -2.46. The van der Waals surface area contributed by atoms with Gasteiger partial charge in [0.2, 0.25) is 17.2 Å². The number of aromatic nitrogens is 3. The molecule has 1 saturated heterocycles. The lowest BCUT2D eigenvalue weighted by molar-refractivity contribution is -0.00572. The minimum atomic E-state index is 0.159. The number of morpholine rings is 1. The summed E-state index contributed by atoms with van der Waals surface area (Å²) in [5, 5.41) is 0.218. The van der Waals surface area contributed by atoms with E-state index in [1.807, 2.05) is 32.8 Å². The second kappa shape index (κ2) is 5.24. The third-order valence-electron chi connectivity index (χ3n) is 2.69. The molecule has 0 radical (unpaired) electrons. The van der Waals surface area contributed by atoms with Crippen molar-refractivity contribution in [2.75, 3.05) is 37.0 Å². The molecule has 18 heavy (non-hydrogen) atoms. The second-order valence-electron chi connectivity index (χ2n) is 4.76. The molecule has 0 saturated carbocycles. The Bertz CT molecular complexity index is 418. The molecule has 0 bridgehead atoms. The number of hydrogen-bond donors (Lipinski definition) is 0. The van der Waals surface area contributed by atoms with Crippen LogP contribution in [0.4, 0.5) is 11.9 Å². The maximum absolute atomic E-state index is 5.94. The van der Waals surface area contributed by atoms with Gasteiger partial charge in [-0.05, 0) is 25.4 Å². The molecule has 0 spiro atoms. The number of rotatable bonds is 2. The van der Waals surface area contributed by atoms with Gasteiger partial charge in [-0.3, -0.25) is 0 Å². The van der Waals surface area contributed by atoms with Gasteiger partial charge in [0.25, 0.3) is 0 Å². The molecule has 7 heteroatoms. The van der Waals surface area contributed by atoms with E-state index in [0.29, 0.717) is 11.9 Å². The Hall–Kier alpha value is -1.14. The average molecular weight is 272 g/mol. The molecule has 2 rings (SSSR count).